The van der Waals surface area contributed by atoms with Gasteiger partial charge in [-0.2, -0.15) is 0 Å². The summed E-state index contributed by atoms with van der Waals surface area (Å²) in [4.78, 5) is 0. The van der Waals surface area contributed by atoms with Crippen LogP contribution in [0.1, 0.15) is 0 Å². The highest BCUT2D eigenvalue weighted by Gasteiger charge is 2.15. The first-order valence-electron chi connectivity index (χ1n) is 15.3. The van der Waals surface area contributed by atoms with E-state index in [4.69, 9.17) is 0 Å². The summed E-state index contributed by atoms with van der Waals surface area (Å²) in [6.45, 7) is 0. The molecule has 1 heterocycles. The van der Waals surface area contributed by atoms with Gasteiger partial charge in [0, 0.05) is 39.2 Å². The van der Waals surface area contributed by atoms with Crippen molar-refractivity contribution in [3.8, 4) is 27.9 Å². The van der Waals surface area contributed by atoms with Gasteiger partial charge in [0.1, 0.15) is 0 Å². The summed E-state index contributed by atoms with van der Waals surface area (Å²) in [5, 5.41) is 9.45. The number of benzene rings is 7. The maximum Gasteiger partial charge on any atom is 0.0541 e. The van der Waals surface area contributed by atoms with Crippen molar-refractivity contribution in [3.63, 3.8) is 0 Å². The third-order valence-corrected chi connectivity index (χ3v) is 8.34. The smallest absolute Gasteiger partial charge is 0.0541 e. The summed E-state index contributed by atoms with van der Waals surface area (Å²) in [6.07, 6.45) is 0. The molecule has 0 aliphatic rings. The van der Waals surface area contributed by atoms with E-state index in [-0.39, 0.29) is 0 Å². The predicted octanol–water partition coefficient (Wildman–Crippen LogP) is 11.6. The van der Waals surface area contributed by atoms with Gasteiger partial charge in [0.2, 0.25) is 0 Å². The molecule has 3 nitrogen and oxygen atoms in total. The first-order valence-corrected chi connectivity index (χ1v) is 15.3. The lowest BCUT2D eigenvalue weighted by Gasteiger charge is -2.09. The second kappa shape index (κ2) is 11.6. The molecule has 214 valence electrons. The standard InChI is InChI=1S/C42H31N3/c1-4-10-34(11-5-1)43-36-22-16-30(17-23-36)32-20-26-41-39(28-32)40-29-33(21-27-42(40)45(41)38-14-8-3-9-15-38)31-18-24-37(25-19-31)44-35-12-6-2-7-13-35/h1-29,43-44H. The van der Waals surface area contributed by atoms with Gasteiger partial charge in [0.05, 0.1) is 11.0 Å². The van der Waals surface area contributed by atoms with Crippen LogP contribution < -0.4 is 10.6 Å². The summed E-state index contributed by atoms with van der Waals surface area (Å²) in [6, 6.07) is 62.2. The van der Waals surface area contributed by atoms with Crippen LogP contribution in [0.15, 0.2) is 176 Å². The SMILES string of the molecule is c1ccc(Nc2ccc(-c3ccc4c(c3)c3cc(-c5ccc(Nc6ccccc6)cc5)ccc3n4-c3ccccc3)cc2)cc1. The van der Waals surface area contributed by atoms with Gasteiger partial charge in [0.25, 0.3) is 0 Å². The van der Waals surface area contributed by atoms with Gasteiger partial charge in [-0.3, -0.25) is 0 Å². The zero-order valence-corrected chi connectivity index (χ0v) is 24.7. The largest absolute Gasteiger partial charge is 0.356 e. The van der Waals surface area contributed by atoms with E-state index in [1.165, 1.54) is 44.1 Å². The first kappa shape index (κ1) is 26.6. The number of para-hydroxylation sites is 3. The minimum absolute atomic E-state index is 1.07. The summed E-state index contributed by atoms with van der Waals surface area (Å²) in [5.74, 6) is 0. The molecule has 0 aliphatic heterocycles. The van der Waals surface area contributed by atoms with Gasteiger partial charge >= 0.3 is 0 Å². The fraction of sp³-hybridized carbons (Fsp3) is 0. The van der Waals surface area contributed by atoms with E-state index in [0.29, 0.717) is 0 Å². The molecular formula is C42H31N3. The van der Waals surface area contributed by atoms with E-state index in [1.807, 2.05) is 36.4 Å². The molecule has 2 N–H and O–H groups in total. The molecule has 0 fully saturated rings. The Balaban J connectivity index is 1.19. The summed E-state index contributed by atoms with van der Waals surface area (Å²) in [5.41, 5.74) is 12.6. The van der Waals surface area contributed by atoms with Gasteiger partial charge in [-0.25, -0.2) is 0 Å². The number of nitrogens with zero attached hydrogens (tertiary/aromatic N) is 1. The Morgan fingerprint density at radius 3 is 1.09 bits per heavy atom. The van der Waals surface area contributed by atoms with Crippen molar-refractivity contribution in [2.45, 2.75) is 0 Å². The number of nitrogens with one attached hydrogen (secondary N) is 2. The molecule has 0 saturated carbocycles. The lowest BCUT2D eigenvalue weighted by atomic mass is 10.00. The van der Waals surface area contributed by atoms with Gasteiger partial charge in [-0.05, 0) is 107 Å². The molecule has 0 bridgehead atoms. The van der Waals surface area contributed by atoms with Gasteiger partial charge < -0.3 is 15.2 Å². The van der Waals surface area contributed by atoms with Crippen molar-refractivity contribution >= 4 is 44.6 Å². The van der Waals surface area contributed by atoms with Crippen molar-refractivity contribution in [2.24, 2.45) is 0 Å². The van der Waals surface area contributed by atoms with Crippen molar-refractivity contribution in [2.75, 3.05) is 10.6 Å². The van der Waals surface area contributed by atoms with E-state index in [2.05, 4.69) is 155 Å². The topological polar surface area (TPSA) is 29.0 Å². The highest BCUT2D eigenvalue weighted by Crippen LogP contribution is 2.37. The second-order valence-electron chi connectivity index (χ2n) is 11.3. The molecular weight excluding hydrogens is 546 g/mol. The molecule has 0 amide bonds. The van der Waals surface area contributed by atoms with Crippen molar-refractivity contribution < 1.29 is 0 Å². The number of hydrogen-bond donors (Lipinski definition) is 2. The summed E-state index contributed by atoms with van der Waals surface area (Å²) < 4.78 is 2.37. The van der Waals surface area contributed by atoms with Crippen LogP contribution in [0, 0.1) is 0 Å². The number of rotatable bonds is 7. The van der Waals surface area contributed by atoms with E-state index < -0.39 is 0 Å². The van der Waals surface area contributed by atoms with Crippen molar-refractivity contribution in [1.29, 1.82) is 0 Å². The van der Waals surface area contributed by atoms with E-state index in [1.54, 1.807) is 0 Å². The van der Waals surface area contributed by atoms with Crippen molar-refractivity contribution in [3.05, 3.63) is 176 Å². The fourth-order valence-electron chi connectivity index (χ4n) is 6.11. The zero-order chi connectivity index (χ0) is 30.0. The molecule has 1 aromatic heterocycles. The second-order valence-corrected chi connectivity index (χ2v) is 11.3. The van der Waals surface area contributed by atoms with Crippen LogP contribution in [0.3, 0.4) is 0 Å². The summed E-state index contributed by atoms with van der Waals surface area (Å²) >= 11 is 0. The van der Waals surface area contributed by atoms with Crippen LogP contribution in [0.25, 0.3) is 49.7 Å². The lowest BCUT2D eigenvalue weighted by molar-refractivity contribution is 1.18. The van der Waals surface area contributed by atoms with Crippen LogP contribution in [-0.4, -0.2) is 4.57 Å². The highest BCUT2D eigenvalue weighted by molar-refractivity contribution is 6.11. The molecule has 0 unspecified atom stereocenters. The molecule has 0 spiro atoms. The van der Waals surface area contributed by atoms with E-state index >= 15 is 0 Å². The predicted molar refractivity (Wildman–Crippen MR) is 191 cm³/mol. The Bertz CT molecular complexity index is 2080. The Hall–Kier alpha value is -6.06. The maximum absolute atomic E-state index is 3.49. The van der Waals surface area contributed by atoms with Crippen LogP contribution in [0.2, 0.25) is 0 Å². The number of fused-ring (bicyclic) bond motifs is 3. The average Bonchev–Trinajstić information content (AvgIpc) is 3.43. The highest BCUT2D eigenvalue weighted by atomic mass is 15.0. The van der Waals surface area contributed by atoms with Crippen molar-refractivity contribution in [1.82, 2.24) is 4.57 Å². The zero-order valence-electron chi connectivity index (χ0n) is 24.7. The van der Waals surface area contributed by atoms with Crippen LogP contribution in [0.4, 0.5) is 22.7 Å². The maximum atomic E-state index is 3.49. The monoisotopic (exact) mass is 577 g/mol. The fourth-order valence-corrected chi connectivity index (χ4v) is 6.11. The molecule has 0 radical (unpaired) electrons. The van der Waals surface area contributed by atoms with Gasteiger partial charge in [0.15, 0.2) is 0 Å². The average molecular weight is 578 g/mol. The third kappa shape index (κ3) is 5.32. The first-order chi connectivity index (χ1) is 22.3. The Labute approximate surface area is 263 Å². The molecule has 0 aliphatic carbocycles. The Morgan fingerprint density at radius 2 is 0.667 bits per heavy atom. The van der Waals surface area contributed by atoms with Gasteiger partial charge in [-0.1, -0.05) is 91.0 Å². The minimum Gasteiger partial charge on any atom is -0.356 e. The van der Waals surface area contributed by atoms with Crippen LogP contribution >= 0.6 is 0 Å². The molecule has 0 saturated heterocycles. The number of anilines is 4. The molecule has 3 heteroatoms. The molecule has 8 aromatic rings. The lowest BCUT2D eigenvalue weighted by Crippen LogP contribution is -1.93. The quantitative estimate of drug-likeness (QED) is 0.197. The minimum atomic E-state index is 1.07. The molecule has 8 rings (SSSR count). The number of hydrogen-bond acceptors (Lipinski definition) is 2. The normalized spacial score (nSPS) is 11.1. The third-order valence-electron chi connectivity index (χ3n) is 8.34. The van der Waals surface area contributed by atoms with E-state index in [0.717, 1.165) is 28.4 Å². The van der Waals surface area contributed by atoms with Gasteiger partial charge in [-0.15, -0.1) is 0 Å². The Kier molecular flexibility index (Phi) is 6.82. The van der Waals surface area contributed by atoms with Crippen LogP contribution in [0.5, 0.6) is 0 Å². The number of aromatic nitrogens is 1. The van der Waals surface area contributed by atoms with Crippen LogP contribution in [-0.2, 0) is 0 Å². The molecule has 0 atom stereocenters. The Morgan fingerprint density at radius 1 is 0.311 bits per heavy atom. The summed E-state index contributed by atoms with van der Waals surface area (Å²) in [7, 11) is 0. The molecule has 7 aromatic carbocycles. The molecule has 45 heavy (non-hydrogen) atoms. The van der Waals surface area contributed by atoms with E-state index in [9.17, 15) is 0 Å².